The minimum Gasteiger partial charge on any atom is -0.371 e. The first-order valence-electron chi connectivity index (χ1n) is 12.3. The highest BCUT2D eigenvalue weighted by molar-refractivity contribution is 7.90. The average molecular weight is 531 g/mol. The van der Waals surface area contributed by atoms with E-state index >= 15 is 0 Å². The standard InChI is InChI=1S/C28H30N6O3S/c1-20(33-14-12-32(2)13-15-33)18-34-19-22-16-23(10-11-26(22)31-34)29-28(35)27-9-5-8-25(30-27)21-6-4-7-24(17-21)38(3,36)37/h4-11,16-17,19H,1,12-15,18H2,2-3H3,(H,29,35). The van der Waals surface area contributed by atoms with E-state index in [2.05, 4.69) is 38.8 Å². The van der Waals surface area contributed by atoms with E-state index in [0.29, 0.717) is 23.5 Å². The van der Waals surface area contributed by atoms with E-state index in [-0.39, 0.29) is 16.5 Å². The van der Waals surface area contributed by atoms with Gasteiger partial charge >= 0.3 is 0 Å². The summed E-state index contributed by atoms with van der Waals surface area (Å²) in [6.07, 6.45) is 3.12. The molecule has 0 unspecified atom stereocenters. The van der Waals surface area contributed by atoms with Gasteiger partial charge in [0.15, 0.2) is 9.84 Å². The van der Waals surface area contributed by atoms with Gasteiger partial charge in [0.05, 0.1) is 22.7 Å². The topological polar surface area (TPSA) is 100 Å². The first-order chi connectivity index (χ1) is 18.2. The number of carbonyl (C=O) groups is 1. The van der Waals surface area contributed by atoms with E-state index in [1.165, 1.54) is 6.07 Å². The molecule has 0 saturated carbocycles. The largest absolute Gasteiger partial charge is 0.371 e. The number of piperazine rings is 1. The molecule has 0 spiro atoms. The van der Waals surface area contributed by atoms with Crippen molar-refractivity contribution in [1.29, 1.82) is 0 Å². The van der Waals surface area contributed by atoms with Crippen molar-refractivity contribution < 1.29 is 13.2 Å². The van der Waals surface area contributed by atoms with Crippen LogP contribution < -0.4 is 5.32 Å². The Morgan fingerprint density at radius 1 is 1.03 bits per heavy atom. The minimum absolute atomic E-state index is 0.201. The van der Waals surface area contributed by atoms with Gasteiger partial charge < -0.3 is 15.1 Å². The second-order valence-corrected chi connectivity index (χ2v) is 11.6. The lowest BCUT2D eigenvalue weighted by Gasteiger charge is -2.35. The molecule has 1 fully saturated rings. The number of carbonyl (C=O) groups excluding carboxylic acids is 1. The number of benzene rings is 2. The fourth-order valence-electron chi connectivity index (χ4n) is 4.45. The highest BCUT2D eigenvalue weighted by atomic mass is 32.2. The van der Waals surface area contributed by atoms with E-state index in [9.17, 15) is 13.2 Å². The Bertz CT molecular complexity index is 1620. The van der Waals surface area contributed by atoms with Gasteiger partial charge in [-0.15, -0.1) is 0 Å². The van der Waals surface area contributed by atoms with Gasteiger partial charge in [-0.25, -0.2) is 13.4 Å². The van der Waals surface area contributed by atoms with Crippen LogP contribution in [-0.4, -0.2) is 78.4 Å². The number of fused-ring (bicyclic) bond motifs is 1. The van der Waals surface area contributed by atoms with Crippen molar-refractivity contribution >= 4 is 32.3 Å². The predicted octanol–water partition coefficient (Wildman–Crippen LogP) is 3.52. The van der Waals surface area contributed by atoms with E-state index in [4.69, 9.17) is 0 Å². The number of rotatable bonds is 7. The minimum atomic E-state index is -3.35. The number of likely N-dealkylation sites (N-methyl/N-ethyl adjacent to an activating group) is 1. The second kappa shape index (κ2) is 10.4. The summed E-state index contributed by atoms with van der Waals surface area (Å²) in [7, 11) is -1.23. The van der Waals surface area contributed by atoms with E-state index in [0.717, 1.165) is 49.0 Å². The Labute approximate surface area is 222 Å². The number of sulfone groups is 1. The van der Waals surface area contributed by atoms with Crippen molar-refractivity contribution in [3.63, 3.8) is 0 Å². The molecule has 1 amide bonds. The summed E-state index contributed by atoms with van der Waals surface area (Å²) in [6.45, 7) is 8.84. The Morgan fingerprint density at radius 2 is 1.79 bits per heavy atom. The highest BCUT2D eigenvalue weighted by Crippen LogP contribution is 2.23. The summed E-state index contributed by atoms with van der Waals surface area (Å²) in [5.41, 5.74) is 3.86. The normalized spacial score (nSPS) is 14.5. The molecule has 0 aliphatic carbocycles. The summed E-state index contributed by atoms with van der Waals surface area (Å²) in [5.74, 6) is -0.360. The van der Waals surface area contributed by atoms with Gasteiger partial charge in [0.25, 0.3) is 5.91 Å². The Kier molecular flexibility index (Phi) is 7.00. The number of aromatic nitrogens is 3. The summed E-state index contributed by atoms with van der Waals surface area (Å²) in [5, 5.41) is 8.48. The van der Waals surface area contributed by atoms with Crippen molar-refractivity contribution in [2.45, 2.75) is 11.4 Å². The van der Waals surface area contributed by atoms with Crippen LogP contribution in [0.4, 0.5) is 5.69 Å². The van der Waals surface area contributed by atoms with Crippen molar-refractivity contribution in [1.82, 2.24) is 24.6 Å². The maximum atomic E-state index is 13.0. The van der Waals surface area contributed by atoms with Crippen LogP contribution in [0.3, 0.4) is 0 Å². The predicted molar refractivity (Wildman–Crippen MR) is 149 cm³/mol. The third kappa shape index (κ3) is 5.76. The molecule has 0 atom stereocenters. The Hall–Kier alpha value is -4.02. The fourth-order valence-corrected chi connectivity index (χ4v) is 5.12. The molecule has 2 aromatic carbocycles. The Balaban J connectivity index is 1.29. The summed E-state index contributed by atoms with van der Waals surface area (Å²) in [6, 6.07) is 17.2. The number of nitrogens with zero attached hydrogens (tertiary/aromatic N) is 5. The van der Waals surface area contributed by atoms with Gasteiger partial charge in [0.1, 0.15) is 5.69 Å². The zero-order valence-electron chi connectivity index (χ0n) is 21.5. The van der Waals surface area contributed by atoms with Crippen LogP contribution in [-0.2, 0) is 16.4 Å². The third-order valence-corrected chi connectivity index (χ3v) is 7.75. The summed E-state index contributed by atoms with van der Waals surface area (Å²) in [4.78, 5) is 22.3. The molecule has 5 rings (SSSR count). The van der Waals surface area contributed by atoms with Crippen LogP contribution in [0.25, 0.3) is 22.2 Å². The zero-order valence-corrected chi connectivity index (χ0v) is 22.3. The number of allylic oxidation sites excluding steroid dienone is 1. The number of amides is 1. The van der Waals surface area contributed by atoms with Gasteiger partial charge in [-0.05, 0) is 49.5 Å². The molecule has 1 saturated heterocycles. The molecule has 10 heteroatoms. The lowest BCUT2D eigenvalue weighted by atomic mass is 10.1. The fraction of sp³-hybridized carbons (Fsp3) is 0.250. The van der Waals surface area contributed by atoms with Crippen LogP contribution >= 0.6 is 0 Å². The molecule has 1 aliphatic heterocycles. The Morgan fingerprint density at radius 3 is 2.55 bits per heavy atom. The van der Waals surface area contributed by atoms with Gasteiger partial charge in [0.2, 0.25) is 0 Å². The summed E-state index contributed by atoms with van der Waals surface area (Å²) < 4.78 is 25.7. The molecular formula is C28H30N6O3S. The van der Waals surface area contributed by atoms with E-state index in [1.54, 1.807) is 36.4 Å². The number of anilines is 1. The molecule has 2 aromatic heterocycles. The van der Waals surface area contributed by atoms with Gasteiger partial charge in [0, 0.05) is 61.0 Å². The van der Waals surface area contributed by atoms with E-state index in [1.807, 2.05) is 29.1 Å². The molecule has 0 bridgehead atoms. The lowest BCUT2D eigenvalue weighted by molar-refractivity contribution is 0.102. The lowest BCUT2D eigenvalue weighted by Crippen LogP contribution is -2.44. The smallest absolute Gasteiger partial charge is 0.274 e. The molecule has 9 nitrogen and oxygen atoms in total. The molecule has 1 N–H and O–H groups in total. The van der Waals surface area contributed by atoms with Crippen molar-refractivity contribution in [3.8, 4) is 11.3 Å². The second-order valence-electron chi connectivity index (χ2n) is 9.62. The molecule has 196 valence electrons. The van der Waals surface area contributed by atoms with Crippen LogP contribution in [0.2, 0.25) is 0 Å². The van der Waals surface area contributed by atoms with Crippen LogP contribution in [0.5, 0.6) is 0 Å². The maximum absolute atomic E-state index is 13.0. The SMILES string of the molecule is C=C(Cn1cc2cc(NC(=O)c3cccc(-c4cccc(S(C)(=O)=O)c4)n3)ccc2n1)N1CCN(C)CC1. The molecule has 4 aromatic rings. The number of nitrogens with one attached hydrogen (secondary N) is 1. The molecule has 3 heterocycles. The number of hydrogen-bond donors (Lipinski definition) is 1. The van der Waals surface area contributed by atoms with E-state index < -0.39 is 9.84 Å². The van der Waals surface area contributed by atoms with Crippen LogP contribution in [0.1, 0.15) is 10.5 Å². The zero-order chi connectivity index (χ0) is 26.9. The molecule has 38 heavy (non-hydrogen) atoms. The monoisotopic (exact) mass is 530 g/mol. The quantitative estimate of drug-likeness (QED) is 0.390. The van der Waals surface area contributed by atoms with Crippen LogP contribution in [0.15, 0.2) is 84.0 Å². The van der Waals surface area contributed by atoms with Crippen molar-refractivity contribution in [3.05, 3.63) is 84.8 Å². The number of hydrogen-bond acceptors (Lipinski definition) is 7. The average Bonchev–Trinajstić information content (AvgIpc) is 3.30. The third-order valence-electron chi connectivity index (χ3n) is 6.64. The molecular weight excluding hydrogens is 500 g/mol. The van der Waals surface area contributed by atoms with Crippen molar-refractivity contribution in [2.24, 2.45) is 0 Å². The molecule has 1 aliphatic rings. The van der Waals surface area contributed by atoms with Gasteiger partial charge in [-0.2, -0.15) is 5.10 Å². The van der Waals surface area contributed by atoms with Gasteiger partial charge in [-0.3, -0.25) is 9.48 Å². The maximum Gasteiger partial charge on any atom is 0.274 e. The van der Waals surface area contributed by atoms with Gasteiger partial charge in [-0.1, -0.05) is 24.8 Å². The molecule has 0 radical (unpaired) electrons. The van der Waals surface area contributed by atoms with Crippen LogP contribution in [0, 0.1) is 0 Å². The first-order valence-corrected chi connectivity index (χ1v) is 14.2. The summed E-state index contributed by atoms with van der Waals surface area (Å²) >= 11 is 0. The highest BCUT2D eigenvalue weighted by Gasteiger charge is 2.16. The first kappa shape index (κ1) is 25.6. The van der Waals surface area contributed by atoms with Crippen molar-refractivity contribution in [2.75, 3.05) is 44.8 Å². The number of pyridine rings is 1.